The van der Waals surface area contributed by atoms with Gasteiger partial charge < -0.3 is 10.2 Å². The lowest BCUT2D eigenvalue weighted by molar-refractivity contribution is 0.323. The molecule has 19 heavy (non-hydrogen) atoms. The molecule has 0 radical (unpaired) electrons. The van der Waals surface area contributed by atoms with Crippen LogP contribution in [0.2, 0.25) is 0 Å². The first kappa shape index (κ1) is 17.3. The van der Waals surface area contributed by atoms with E-state index in [-0.39, 0.29) is 0 Å². The topological polar surface area (TPSA) is 15.3 Å². The van der Waals surface area contributed by atoms with Gasteiger partial charge in [0.25, 0.3) is 0 Å². The molecule has 1 N–H and O–H groups in total. The first-order chi connectivity index (χ1) is 9.31. The summed E-state index contributed by atoms with van der Waals surface area (Å²) in [4.78, 5) is 2.52. The van der Waals surface area contributed by atoms with E-state index in [9.17, 15) is 0 Å². The van der Waals surface area contributed by atoms with Crippen molar-refractivity contribution in [3.63, 3.8) is 0 Å². The minimum atomic E-state index is 0.768. The van der Waals surface area contributed by atoms with Gasteiger partial charge >= 0.3 is 0 Å². The van der Waals surface area contributed by atoms with E-state index < -0.39 is 0 Å². The van der Waals surface area contributed by atoms with Gasteiger partial charge in [0, 0.05) is 24.1 Å². The van der Waals surface area contributed by atoms with Crippen LogP contribution < -0.4 is 5.32 Å². The van der Waals surface area contributed by atoms with Gasteiger partial charge in [-0.05, 0) is 44.8 Å². The van der Waals surface area contributed by atoms with E-state index in [0.717, 1.165) is 12.0 Å². The summed E-state index contributed by atoms with van der Waals surface area (Å²) >= 11 is 2.15. The number of hydrogen-bond donors (Lipinski definition) is 1. The summed E-state index contributed by atoms with van der Waals surface area (Å²) < 4.78 is 0. The average molecular weight is 287 g/mol. The second-order valence-electron chi connectivity index (χ2n) is 5.71. The highest BCUT2D eigenvalue weighted by Gasteiger charge is 2.24. The van der Waals surface area contributed by atoms with Crippen LogP contribution in [0.25, 0.3) is 0 Å². The van der Waals surface area contributed by atoms with E-state index >= 15 is 0 Å². The van der Waals surface area contributed by atoms with Crippen molar-refractivity contribution in [1.82, 2.24) is 10.2 Å². The highest BCUT2D eigenvalue weighted by molar-refractivity contribution is 7.99. The second-order valence-corrected chi connectivity index (χ2v) is 6.86. The molecule has 114 valence electrons. The van der Waals surface area contributed by atoms with E-state index in [4.69, 9.17) is 0 Å². The molecule has 0 spiro atoms. The Morgan fingerprint density at radius 3 is 2.42 bits per heavy atom. The molecule has 1 atom stereocenters. The van der Waals surface area contributed by atoms with Crippen molar-refractivity contribution in [2.75, 3.05) is 37.7 Å². The van der Waals surface area contributed by atoms with Crippen molar-refractivity contribution in [3.05, 3.63) is 0 Å². The maximum Gasteiger partial charge on any atom is 0.0186 e. The molecule has 0 aliphatic heterocycles. The summed E-state index contributed by atoms with van der Waals surface area (Å²) in [6.07, 6.45) is 7.08. The summed E-state index contributed by atoms with van der Waals surface area (Å²) in [5.74, 6) is 3.55. The van der Waals surface area contributed by atoms with Crippen LogP contribution >= 0.6 is 11.8 Å². The van der Waals surface area contributed by atoms with Gasteiger partial charge in [-0.15, -0.1) is 0 Å². The quantitative estimate of drug-likeness (QED) is 0.584. The van der Waals surface area contributed by atoms with Gasteiger partial charge in [-0.3, -0.25) is 0 Å². The first-order valence-corrected chi connectivity index (χ1v) is 9.50. The fourth-order valence-corrected chi connectivity index (χ4v) is 4.19. The van der Waals surface area contributed by atoms with Crippen molar-refractivity contribution in [2.24, 2.45) is 5.92 Å². The van der Waals surface area contributed by atoms with Crippen LogP contribution in [0.1, 0.15) is 52.9 Å². The first-order valence-electron chi connectivity index (χ1n) is 8.35. The highest BCUT2D eigenvalue weighted by Crippen LogP contribution is 2.29. The monoisotopic (exact) mass is 286 g/mol. The predicted molar refractivity (Wildman–Crippen MR) is 89.2 cm³/mol. The van der Waals surface area contributed by atoms with Gasteiger partial charge in [0.1, 0.15) is 0 Å². The number of nitrogens with zero attached hydrogens (tertiary/aromatic N) is 1. The molecular formula is C16H34N2S. The molecule has 0 aromatic carbocycles. The van der Waals surface area contributed by atoms with Crippen molar-refractivity contribution in [2.45, 2.75) is 58.9 Å². The van der Waals surface area contributed by atoms with Crippen molar-refractivity contribution in [3.8, 4) is 0 Å². The van der Waals surface area contributed by atoms with Crippen LogP contribution in [0.5, 0.6) is 0 Å². The van der Waals surface area contributed by atoms with Gasteiger partial charge in [-0.2, -0.15) is 11.8 Å². The lowest BCUT2D eigenvalue weighted by atomic mass is 10.00. The van der Waals surface area contributed by atoms with Gasteiger partial charge in [-0.1, -0.05) is 33.6 Å². The Morgan fingerprint density at radius 1 is 1.16 bits per heavy atom. The Balaban J connectivity index is 2.20. The molecule has 0 amide bonds. The fourth-order valence-electron chi connectivity index (χ4n) is 2.99. The predicted octanol–water partition coefficient (Wildman–Crippen LogP) is 3.62. The Kier molecular flexibility index (Phi) is 10.0. The zero-order chi connectivity index (χ0) is 13.9. The largest absolute Gasteiger partial charge is 0.313 e. The molecule has 1 unspecified atom stereocenters. The van der Waals surface area contributed by atoms with Gasteiger partial charge in [0.2, 0.25) is 0 Å². The lowest BCUT2D eigenvalue weighted by Gasteiger charge is -2.25. The Morgan fingerprint density at radius 2 is 1.84 bits per heavy atom. The molecule has 1 aliphatic carbocycles. The van der Waals surface area contributed by atoms with Crippen molar-refractivity contribution >= 4 is 11.8 Å². The zero-order valence-corrected chi connectivity index (χ0v) is 14.1. The van der Waals surface area contributed by atoms with E-state index in [2.05, 4.69) is 42.7 Å². The number of thioether (sulfide) groups is 1. The Bertz CT molecular complexity index is 201. The summed E-state index contributed by atoms with van der Waals surface area (Å²) in [5.41, 5.74) is 0. The molecule has 0 saturated heterocycles. The maximum absolute atomic E-state index is 3.79. The minimum Gasteiger partial charge on any atom is -0.313 e. The standard InChI is InChI=1S/C16H34N2S/c1-4-11-17-16(15-9-7-8-10-15)14-19-13-12-18(5-2)6-3/h15-17H,4-14H2,1-3H3. The van der Waals surface area contributed by atoms with Crippen LogP contribution in [0, 0.1) is 5.92 Å². The second kappa shape index (κ2) is 11.0. The molecule has 2 nitrogen and oxygen atoms in total. The van der Waals surface area contributed by atoms with Crippen LogP contribution in [0.3, 0.4) is 0 Å². The molecule has 1 aliphatic rings. The SMILES string of the molecule is CCCNC(CSCCN(CC)CC)C1CCCC1. The normalized spacial score (nSPS) is 18.3. The van der Waals surface area contributed by atoms with Gasteiger partial charge in [0.15, 0.2) is 0 Å². The van der Waals surface area contributed by atoms with E-state index in [1.54, 1.807) is 0 Å². The van der Waals surface area contributed by atoms with Crippen LogP contribution in [-0.2, 0) is 0 Å². The summed E-state index contributed by atoms with van der Waals surface area (Å²) in [6, 6.07) is 0.768. The molecule has 0 bridgehead atoms. The van der Waals surface area contributed by atoms with E-state index in [0.29, 0.717) is 0 Å². The molecule has 0 aromatic heterocycles. The zero-order valence-electron chi connectivity index (χ0n) is 13.3. The highest BCUT2D eigenvalue weighted by atomic mass is 32.2. The number of hydrogen-bond acceptors (Lipinski definition) is 3. The third-order valence-electron chi connectivity index (χ3n) is 4.37. The molecule has 3 heteroatoms. The summed E-state index contributed by atoms with van der Waals surface area (Å²) in [7, 11) is 0. The van der Waals surface area contributed by atoms with Crippen LogP contribution in [0.4, 0.5) is 0 Å². The maximum atomic E-state index is 3.79. The third-order valence-corrected chi connectivity index (χ3v) is 5.44. The number of nitrogens with one attached hydrogen (secondary N) is 1. The summed E-state index contributed by atoms with van der Waals surface area (Å²) in [6.45, 7) is 11.6. The molecule has 1 saturated carbocycles. The minimum absolute atomic E-state index is 0.768. The summed E-state index contributed by atoms with van der Waals surface area (Å²) in [5, 5.41) is 3.79. The smallest absolute Gasteiger partial charge is 0.0186 e. The van der Waals surface area contributed by atoms with Gasteiger partial charge in [0.05, 0.1) is 0 Å². The Labute approximate surface area is 125 Å². The van der Waals surface area contributed by atoms with Crippen molar-refractivity contribution in [1.29, 1.82) is 0 Å². The molecular weight excluding hydrogens is 252 g/mol. The third kappa shape index (κ3) is 7.01. The fraction of sp³-hybridized carbons (Fsp3) is 1.00. The lowest BCUT2D eigenvalue weighted by Crippen LogP contribution is -2.38. The van der Waals surface area contributed by atoms with E-state index in [1.807, 2.05) is 0 Å². The van der Waals surface area contributed by atoms with Crippen LogP contribution in [0.15, 0.2) is 0 Å². The Hall–Kier alpha value is 0.270. The molecule has 0 heterocycles. The van der Waals surface area contributed by atoms with Gasteiger partial charge in [-0.25, -0.2) is 0 Å². The average Bonchev–Trinajstić information content (AvgIpc) is 2.96. The molecule has 1 fully saturated rings. The number of rotatable bonds is 11. The molecule has 0 aromatic rings. The van der Waals surface area contributed by atoms with Crippen molar-refractivity contribution < 1.29 is 0 Å². The molecule has 1 rings (SSSR count). The van der Waals surface area contributed by atoms with E-state index in [1.165, 1.54) is 69.8 Å². The van der Waals surface area contributed by atoms with Crippen LogP contribution in [-0.4, -0.2) is 48.6 Å².